The first-order chi connectivity index (χ1) is 11.3. The monoisotopic (exact) mass is 315 g/mol. The third-order valence-corrected chi connectivity index (χ3v) is 4.72. The standard InChI is InChI=1S/C17H25N5O/c1-20-6-15(4-19-20)7-21-8-16(12-23-11-14-2-3-14)9-22-13-18-5-17(22)10-21/h4-6,13-14,16H,2-3,7-12H2,1H3. The molecule has 3 heterocycles. The number of hydrogen-bond acceptors (Lipinski definition) is 4. The molecule has 2 aliphatic rings. The summed E-state index contributed by atoms with van der Waals surface area (Å²) < 4.78 is 10.1. The van der Waals surface area contributed by atoms with E-state index in [-0.39, 0.29) is 0 Å². The predicted octanol–water partition coefficient (Wildman–Crippen LogP) is 1.68. The number of imidazole rings is 1. The fourth-order valence-electron chi connectivity index (χ4n) is 3.36. The van der Waals surface area contributed by atoms with Crippen LogP contribution >= 0.6 is 0 Å². The summed E-state index contributed by atoms with van der Waals surface area (Å²) in [6, 6.07) is 0. The first kappa shape index (κ1) is 14.9. The number of ether oxygens (including phenoxy) is 1. The summed E-state index contributed by atoms with van der Waals surface area (Å²) in [5, 5.41) is 4.28. The van der Waals surface area contributed by atoms with Gasteiger partial charge in [-0.2, -0.15) is 5.10 Å². The molecule has 2 aromatic rings. The second-order valence-corrected chi connectivity index (χ2v) is 7.08. The van der Waals surface area contributed by atoms with Crippen molar-refractivity contribution in [3.05, 3.63) is 36.2 Å². The number of fused-ring (bicyclic) bond motifs is 1. The van der Waals surface area contributed by atoms with E-state index < -0.39 is 0 Å². The Kier molecular flexibility index (Phi) is 4.18. The van der Waals surface area contributed by atoms with E-state index in [0.29, 0.717) is 5.92 Å². The quantitative estimate of drug-likeness (QED) is 0.814. The number of aromatic nitrogens is 4. The lowest BCUT2D eigenvalue weighted by Crippen LogP contribution is -2.30. The van der Waals surface area contributed by atoms with Crippen LogP contribution in [0.1, 0.15) is 24.1 Å². The van der Waals surface area contributed by atoms with Crippen molar-refractivity contribution in [1.29, 1.82) is 0 Å². The lowest BCUT2D eigenvalue weighted by atomic mass is 10.1. The van der Waals surface area contributed by atoms with Crippen molar-refractivity contribution in [2.24, 2.45) is 18.9 Å². The minimum absolute atomic E-state index is 0.515. The van der Waals surface area contributed by atoms with Crippen LogP contribution in [0.5, 0.6) is 0 Å². The first-order valence-electron chi connectivity index (χ1n) is 8.53. The van der Waals surface area contributed by atoms with Crippen LogP contribution in [-0.4, -0.2) is 44.0 Å². The van der Waals surface area contributed by atoms with Crippen LogP contribution in [0.15, 0.2) is 24.9 Å². The Morgan fingerprint density at radius 3 is 2.83 bits per heavy atom. The molecular weight excluding hydrogens is 290 g/mol. The van der Waals surface area contributed by atoms with E-state index in [4.69, 9.17) is 4.74 Å². The Labute approximate surface area is 137 Å². The summed E-state index contributed by atoms with van der Waals surface area (Å²) in [5.41, 5.74) is 2.55. The van der Waals surface area contributed by atoms with Crippen LogP contribution < -0.4 is 0 Å². The summed E-state index contributed by atoms with van der Waals surface area (Å²) in [5.74, 6) is 1.34. The molecule has 0 radical (unpaired) electrons. The van der Waals surface area contributed by atoms with E-state index in [1.807, 2.05) is 30.5 Å². The highest BCUT2D eigenvalue weighted by atomic mass is 16.5. The van der Waals surface area contributed by atoms with Crippen LogP contribution in [0, 0.1) is 11.8 Å². The second kappa shape index (κ2) is 6.45. The van der Waals surface area contributed by atoms with Gasteiger partial charge < -0.3 is 9.30 Å². The van der Waals surface area contributed by atoms with E-state index in [1.54, 1.807) is 0 Å². The van der Waals surface area contributed by atoms with Crippen LogP contribution in [0.4, 0.5) is 0 Å². The maximum Gasteiger partial charge on any atom is 0.0948 e. The molecule has 1 fully saturated rings. The van der Waals surface area contributed by atoms with Crippen molar-refractivity contribution < 1.29 is 4.74 Å². The lowest BCUT2D eigenvalue weighted by Gasteiger charge is -2.23. The molecule has 0 saturated heterocycles. The maximum atomic E-state index is 5.97. The van der Waals surface area contributed by atoms with Gasteiger partial charge in [0, 0.05) is 63.7 Å². The zero-order valence-corrected chi connectivity index (χ0v) is 13.8. The molecule has 6 nitrogen and oxygen atoms in total. The van der Waals surface area contributed by atoms with Crippen molar-refractivity contribution in [3.8, 4) is 0 Å². The van der Waals surface area contributed by atoms with Crippen molar-refractivity contribution in [2.45, 2.75) is 32.5 Å². The normalized spacial score (nSPS) is 22.0. The third kappa shape index (κ3) is 3.82. The molecule has 4 rings (SSSR count). The predicted molar refractivity (Wildman–Crippen MR) is 86.6 cm³/mol. The van der Waals surface area contributed by atoms with Gasteiger partial charge >= 0.3 is 0 Å². The van der Waals surface area contributed by atoms with Crippen LogP contribution in [0.3, 0.4) is 0 Å². The highest BCUT2D eigenvalue weighted by molar-refractivity contribution is 5.06. The van der Waals surface area contributed by atoms with Gasteiger partial charge in [-0.25, -0.2) is 4.98 Å². The Hall–Kier alpha value is -1.66. The highest BCUT2D eigenvalue weighted by Crippen LogP contribution is 2.29. The molecular formula is C17H25N5O. The molecule has 1 aliphatic heterocycles. The Balaban J connectivity index is 1.42. The molecule has 1 aliphatic carbocycles. The molecule has 1 saturated carbocycles. The number of hydrogen-bond donors (Lipinski definition) is 0. The second-order valence-electron chi connectivity index (χ2n) is 7.08. The molecule has 124 valence electrons. The highest BCUT2D eigenvalue weighted by Gasteiger charge is 2.25. The fraction of sp³-hybridized carbons (Fsp3) is 0.647. The number of aryl methyl sites for hydroxylation is 1. The van der Waals surface area contributed by atoms with Gasteiger partial charge in [0.1, 0.15) is 0 Å². The molecule has 0 spiro atoms. The summed E-state index contributed by atoms with van der Waals surface area (Å²) >= 11 is 0. The molecule has 2 aromatic heterocycles. The molecule has 0 aromatic carbocycles. The average Bonchev–Trinajstić information content (AvgIpc) is 3.16. The minimum atomic E-state index is 0.515. The molecule has 23 heavy (non-hydrogen) atoms. The van der Waals surface area contributed by atoms with Crippen molar-refractivity contribution in [1.82, 2.24) is 24.2 Å². The van der Waals surface area contributed by atoms with Gasteiger partial charge in [-0.3, -0.25) is 9.58 Å². The van der Waals surface area contributed by atoms with Gasteiger partial charge in [0.15, 0.2) is 0 Å². The van der Waals surface area contributed by atoms with Gasteiger partial charge in [-0.15, -0.1) is 0 Å². The van der Waals surface area contributed by atoms with Crippen LogP contribution in [-0.2, 0) is 31.4 Å². The van der Waals surface area contributed by atoms with Crippen molar-refractivity contribution in [2.75, 3.05) is 19.8 Å². The zero-order valence-electron chi connectivity index (χ0n) is 13.8. The minimum Gasteiger partial charge on any atom is -0.381 e. The number of nitrogens with zero attached hydrogens (tertiary/aromatic N) is 5. The molecule has 6 heteroatoms. The third-order valence-electron chi connectivity index (χ3n) is 4.72. The van der Waals surface area contributed by atoms with E-state index in [1.165, 1.54) is 24.1 Å². The molecule has 0 N–H and O–H groups in total. The zero-order chi connectivity index (χ0) is 15.6. The molecule has 1 atom stereocenters. The van der Waals surface area contributed by atoms with E-state index in [2.05, 4.69) is 25.7 Å². The smallest absolute Gasteiger partial charge is 0.0948 e. The van der Waals surface area contributed by atoms with E-state index in [9.17, 15) is 0 Å². The first-order valence-corrected chi connectivity index (χ1v) is 8.53. The van der Waals surface area contributed by atoms with Crippen molar-refractivity contribution >= 4 is 0 Å². The Bertz CT molecular complexity index is 645. The summed E-state index contributed by atoms with van der Waals surface area (Å²) in [6.07, 6.45) is 10.7. The summed E-state index contributed by atoms with van der Waals surface area (Å²) in [6.45, 7) is 5.71. The summed E-state index contributed by atoms with van der Waals surface area (Å²) in [7, 11) is 1.97. The molecule has 0 amide bonds. The Morgan fingerprint density at radius 1 is 1.17 bits per heavy atom. The van der Waals surface area contributed by atoms with Gasteiger partial charge in [-0.1, -0.05) is 0 Å². The number of rotatable bonds is 6. The van der Waals surface area contributed by atoms with E-state index in [0.717, 1.165) is 45.3 Å². The lowest BCUT2D eigenvalue weighted by molar-refractivity contribution is 0.0705. The van der Waals surface area contributed by atoms with Gasteiger partial charge in [0.05, 0.1) is 24.8 Å². The van der Waals surface area contributed by atoms with Gasteiger partial charge in [0.2, 0.25) is 0 Å². The van der Waals surface area contributed by atoms with Gasteiger partial charge in [-0.05, 0) is 18.8 Å². The van der Waals surface area contributed by atoms with Crippen LogP contribution in [0.25, 0.3) is 0 Å². The molecule has 0 bridgehead atoms. The fourth-order valence-corrected chi connectivity index (χ4v) is 3.36. The van der Waals surface area contributed by atoms with Gasteiger partial charge in [0.25, 0.3) is 0 Å². The summed E-state index contributed by atoms with van der Waals surface area (Å²) in [4.78, 5) is 6.81. The van der Waals surface area contributed by atoms with E-state index >= 15 is 0 Å². The largest absolute Gasteiger partial charge is 0.381 e. The van der Waals surface area contributed by atoms with Crippen LogP contribution in [0.2, 0.25) is 0 Å². The maximum absolute atomic E-state index is 5.97. The average molecular weight is 315 g/mol. The molecule has 1 unspecified atom stereocenters. The SMILES string of the molecule is Cn1cc(CN2Cc3cncn3CC(COCC3CC3)C2)cn1. The topological polar surface area (TPSA) is 48.1 Å². The van der Waals surface area contributed by atoms with Crippen molar-refractivity contribution in [3.63, 3.8) is 0 Å². The Morgan fingerprint density at radius 2 is 2.04 bits per heavy atom.